The molecular formula is C18H20Br2O. The van der Waals surface area contributed by atoms with Gasteiger partial charge in [-0.25, -0.2) is 0 Å². The molecule has 2 aromatic rings. The lowest BCUT2D eigenvalue weighted by atomic mass is 9.82. The molecule has 0 aromatic heterocycles. The summed E-state index contributed by atoms with van der Waals surface area (Å²) < 4.78 is 7.04. The maximum atomic E-state index is 6.02. The number of halogens is 2. The molecule has 2 aromatic carbocycles. The van der Waals surface area contributed by atoms with Crippen molar-refractivity contribution in [3.8, 4) is 11.5 Å². The van der Waals surface area contributed by atoms with Gasteiger partial charge in [0, 0.05) is 15.4 Å². The summed E-state index contributed by atoms with van der Waals surface area (Å²) in [4.78, 5) is 0. The van der Waals surface area contributed by atoms with Gasteiger partial charge < -0.3 is 4.74 Å². The molecule has 0 spiro atoms. The molecule has 0 aliphatic heterocycles. The summed E-state index contributed by atoms with van der Waals surface area (Å²) in [6, 6.07) is 14.5. The first-order chi connectivity index (χ1) is 9.96. The lowest BCUT2D eigenvalue weighted by Crippen LogP contribution is -2.14. The maximum absolute atomic E-state index is 6.02. The number of benzene rings is 2. The van der Waals surface area contributed by atoms with Crippen molar-refractivity contribution in [3.63, 3.8) is 0 Å². The molecule has 0 unspecified atom stereocenters. The fourth-order valence-corrected chi connectivity index (χ4v) is 2.84. The van der Waals surface area contributed by atoms with Crippen LogP contribution in [0.5, 0.6) is 11.5 Å². The maximum Gasteiger partial charge on any atom is 0.132 e. The zero-order valence-electron chi connectivity index (χ0n) is 12.6. The van der Waals surface area contributed by atoms with Crippen molar-refractivity contribution in [1.29, 1.82) is 0 Å². The van der Waals surface area contributed by atoms with E-state index in [9.17, 15) is 0 Å². The van der Waals surface area contributed by atoms with Crippen molar-refractivity contribution in [2.45, 2.75) is 37.9 Å². The highest BCUT2D eigenvalue weighted by molar-refractivity contribution is 9.10. The molecule has 0 saturated heterocycles. The van der Waals surface area contributed by atoms with E-state index in [1.54, 1.807) is 0 Å². The van der Waals surface area contributed by atoms with E-state index in [-0.39, 0.29) is 5.41 Å². The highest BCUT2D eigenvalue weighted by Crippen LogP contribution is 2.32. The van der Waals surface area contributed by atoms with Crippen LogP contribution in [0.3, 0.4) is 0 Å². The minimum atomic E-state index is 0.204. The van der Waals surface area contributed by atoms with Gasteiger partial charge in [0.1, 0.15) is 11.5 Å². The average Bonchev–Trinajstić information content (AvgIpc) is 2.48. The van der Waals surface area contributed by atoms with Gasteiger partial charge in [0.25, 0.3) is 0 Å². The first-order valence-electron chi connectivity index (χ1n) is 7.09. The Bertz CT molecular complexity index is 603. The number of hydrogen-bond acceptors (Lipinski definition) is 1. The van der Waals surface area contributed by atoms with Gasteiger partial charge >= 0.3 is 0 Å². The highest BCUT2D eigenvalue weighted by atomic mass is 79.9. The van der Waals surface area contributed by atoms with Gasteiger partial charge in [-0.15, -0.1) is 0 Å². The quantitative estimate of drug-likeness (QED) is 0.490. The van der Waals surface area contributed by atoms with Crippen LogP contribution in [0, 0.1) is 0 Å². The summed E-state index contributed by atoms with van der Waals surface area (Å²) >= 11 is 6.99. The lowest BCUT2D eigenvalue weighted by molar-refractivity contribution is 0.474. The minimum absolute atomic E-state index is 0.204. The van der Waals surface area contributed by atoms with Gasteiger partial charge in [0.2, 0.25) is 0 Å². The van der Waals surface area contributed by atoms with Crippen LogP contribution in [0.25, 0.3) is 0 Å². The molecule has 2 rings (SSSR count). The molecule has 112 valence electrons. The van der Waals surface area contributed by atoms with Crippen molar-refractivity contribution in [1.82, 2.24) is 0 Å². The van der Waals surface area contributed by atoms with Crippen LogP contribution in [0.4, 0.5) is 0 Å². The van der Waals surface area contributed by atoms with E-state index in [0.717, 1.165) is 33.3 Å². The van der Waals surface area contributed by atoms with E-state index >= 15 is 0 Å². The van der Waals surface area contributed by atoms with Crippen LogP contribution in [-0.4, -0.2) is 0 Å². The zero-order valence-corrected chi connectivity index (χ0v) is 15.8. The topological polar surface area (TPSA) is 9.23 Å². The van der Waals surface area contributed by atoms with Crippen LogP contribution < -0.4 is 4.74 Å². The van der Waals surface area contributed by atoms with E-state index in [1.807, 2.05) is 24.3 Å². The van der Waals surface area contributed by atoms with Crippen LogP contribution in [0.1, 0.15) is 38.3 Å². The molecule has 0 aliphatic rings. The molecular weight excluding hydrogens is 392 g/mol. The molecule has 3 heteroatoms. The molecule has 0 saturated carbocycles. The van der Waals surface area contributed by atoms with Crippen molar-refractivity contribution in [3.05, 3.63) is 58.1 Å². The monoisotopic (exact) mass is 410 g/mol. The van der Waals surface area contributed by atoms with E-state index in [2.05, 4.69) is 70.8 Å². The molecule has 0 bridgehead atoms. The summed E-state index contributed by atoms with van der Waals surface area (Å²) in [6.07, 6.45) is 1.12. The molecule has 0 fully saturated rings. The summed E-state index contributed by atoms with van der Waals surface area (Å²) in [5.74, 6) is 1.75. The zero-order chi connectivity index (χ0) is 15.5. The lowest BCUT2D eigenvalue weighted by Gasteiger charge is -2.23. The number of ether oxygens (including phenoxy) is 1. The molecule has 21 heavy (non-hydrogen) atoms. The fraction of sp³-hybridized carbons (Fsp3) is 0.333. The first kappa shape index (κ1) is 16.6. The van der Waals surface area contributed by atoms with Crippen molar-refractivity contribution in [2.24, 2.45) is 0 Å². The Morgan fingerprint density at radius 3 is 2.29 bits per heavy atom. The Morgan fingerprint density at radius 1 is 1.05 bits per heavy atom. The second-order valence-electron chi connectivity index (χ2n) is 5.75. The summed E-state index contributed by atoms with van der Waals surface area (Å²) in [7, 11) is 0. The van der Waals surface area contributed by atoms with Gasteiger partial charge in [-0.1, -0.05) is 70.8 Å². The first-order valence-corrected chi connectivity index (χ1v) is 9.00. The second kappa shape index (κ2) is 6.97. The van der Waals surface area contributed by atoms with Gasteiger partial charge in [-0.3, -0.25) is 0 Å². The van der Waals surface area contributed by atoms with Crippen molar-refractivity contribution in [2.75, 3.05) is 0 Å². The Morgan fingerprint density at radius 2 is 1.71 bits per heavy atom. The number of alkyl halides is 1. The summed E-state index contributed by atoms with van der Waals surface area (Å²) in [6.45, 7) is 6.74. The highest BCUT2D eigenvalue weighted by Gasteiger charge is 2.17. The molecule has 0 amide bonds. The van der Waals surface area contributed by atoms with E-state index in [0.29, 0.717) is 0 Å². The Kier molecular flexibility index (Phi) is 5.50. The average molecular weight is 412 g/mol. The minimum Gasteiger partial charge on any atom is -0.457 e. The molecule has 0 heterocycles. The molecule has 1 nitrogen and oxygen atoms in total. The third-order valence-corrected chi connectivity index (χ3v) is 5.02. The summed E-state index contributed by atoms with van der Waals surface area (Å²) in [5, 5.41) is 0.774. The van der Waals surface area contributed by atoms with E-state index in [4.69, 9.17) is 4.74 Å². The predicted octanol–water partition coefficient (Wildman–Crippen LogP) is 6.82. The van der Waals surface area contributed by atoms with Crippen LogP contribution >= 0.6 is 31.9 Å². The van der Waals surface area contributed by atoms with Gasteiger partial charge in [0.15, 0.2) is 0 Å². The van der Waals surface area contributed by atoms with Crippen LogP contribution in [0.15, 0.2) is 46.9 Å². The molecule has 0 atom stereocenters. The standard InChI is InChI=1S/C18H20Br2O/c1-4-18(2,3)14-6-9-16(10-7-14)21-17-11-15(20)8-5-13(17)12-19/h5-11H,4,12H2,1-3H3. The summed E-state index contributed by atoms with van der Waals surface area (Å²) in [5.41, 5.74) is 2.68. The van der Waals surface area contributed by atoms with E-state index < -0.39 is 0 Å². The Balaban J connectivity index is 2.23. The van der Waals surface area contributed by atoms with Crippen LogP contribution in [0.2, 0.25) is 0 Å². The largest absolute Gasteiger partial charge is 0.457 e. The third-order valence-electron chi connectivity index (χ3n) is 3.92. The van der Waals surface area contributed by atoms with Gasteiger partial charge in [0.05, 0.1) is 0 Å². The van der Waals surface area contributed by atoms with Gasteiger partial charge in [-0.2, -0.15) is 0 Å². The van der Waals surface area contributed by atoms with Crippen LogP contribution in [-0.2, 0) is 10.7 Å². The number of rotatable bonds is 5. The Labute approximate surface area is 144 Å². The SMILES string of the molecule is CCC(C)(C)c1ccc(Oc2cc(Br)ccc2CBr)cc1. The number of hydrogen-bond donors (Lipinski definition) is 0. The smallest absolute Gasteiger partial charge is 0.132 e. The molecule has 0 radical (unpaired) electrons. The predicted molar refractivity (Wildman–Crippen MR) is 96.6 cm³/mol. The molecule has 0 N–H and O–H groups in total. The van der Waals surface area contributed by atoms with Crippen molar-refractivity contribution < 1.29 is 4.74 Å². The van der Waals surface area contributed by atoms with Gasteiger partial charge in [-0.05, 0) is 41.7 Å². The second-order valence-corrected chi connectivity index (χ2v) is 7.23. The fourth-order valence-electron chi connectivity index (χ4n) is 2.04. The normalized spacial score (nSPS) is 11.5. The third kappa shape index (κ3) is 4.10. The Hall–Kier alpha value is -0.800. The van der Waals surface area contributed by atoms with E-state index in [1.165, 1.54) is 5.56 Å². The molecule has 0 aliphatic carbocycles. The van der Waals surface area contributed by atoms with Crippen molar-refractivity contribution >= 4 is 31.9 Å².